The van der Waals surface area contributed by atoms with E-state index in [2.05, 4.69) is 54.6 Å². The summed E-state index contributed by atoms with van der Waals surface area (Å²) in [5, 5.41) is 4.98. The van der Waals surface area contributed by atoms with Crippen LogP contribution in [0.2, 0.25) is 0 Å². The zero-order valence-electron chi connectivity index (χ0n) is 17.4. The van der Waals surface area contributed by atoms with E-state index >= 15 is 0 Å². The Hall–Kier alpha value is -2.10. The third kappa shape index (κ3) is 2.29. The second-order valence-electron chi connectivity index (χ2n) is 9.71. The molecule has 2 heterocycles. The number of nitrogens with zero attached hydrogens (tertiary/aromatic N) is 3. The van der Waals surface area contributed by atoms with Crippen LogP contribution < -0.4 is 0 Å². The Bertz CT molecular complexity index is 905. The minimum atomic E-state index is 0.0627. The van der Waals surface area contributed by atoms with Gasteiger partial charge in [0.05, 0.1) is 11.4 Å². The molecular formula is C24H31N3O. The molecule has 5 rings (SSSR count). The molecule has 1 aliphatic heterocycles. The predicted molar refractivity (Wildman–Crippen MR) is 111 cm³/mol. The van der Waals surface area contributed by atoms with Crippen LogP contribution in [0.15, 0.2) is 30.3 Å². The lowest BCUT2D eigenvalue weighted by Crippen LogP contribution is -2.34. The SMILES string of the molecule is CC1(C)[C@@H]2CC[C@@]1(C)c1c2c(C(=O)N2CCCCCC2)nn1-c1ccccc1. The first kappa shape index (κ1) is 18.0. The Morgan fingerprint density at radius 1 is 1.04 bits per heavy atom. The van der Waals surface area contributed by atoms with Crippen molar-refractivity contribution >= 4 is 5.91 Å². The molecule has 1 amide bonds. The highest BCUT2D eigenvalue weighted by Crippen LogP contribution is 2.68. The van der Waals surface area contributed by atoms with Gasteiger partial charge in [-0.2, -0.15) is 5.10 Å². The Morgan fingerprint density at radius 3 is 2.39 bits per heavy atom. The number of aromatic nitrogens is 2. The number of amides is 1. The monoisotopic (exact) mass is 377 g/mol. The highest BCUT2D eigenvalue weighted by Gasteiger charge is 2.63. The molecule has 0 N–H and O–H groups in total. The van der Waals surface area contributed by atoms with Gasteiger partial charge in [-0.15, -0.1) is 0 Å². The zero-order valence-corrected chi connectivity index (χ0v) is 17.4. The summed E-state index contributed by atoms with van der Waals surface area (Å²) in [5.74, 6) is 0.579. The van der Waals surface area contributed by atoms with E-state index in [9.17, 15) is 4.79 Å². The summed E-state index contributed by atoms with van der Waals surface area (Å²) in [6.07, 6.45) is 7.02. The quantitative estimate of drug-likeness (QED) is 0.733. The van der Waals surface area contributed by atoms with E-state index in [1.165, 1.54) is 30.5 Å². The molecule has 28 heavy (non-hydrogen) atoms. The van der Waals surface area contributed by atoms with Crippen LogP contribution in [-0.2, 0) is 5.41 Å². The van der Waals surface area contributed by atoms with Crippen LogP contribution in [-0.4, -0.2) is 33.7 Å². The first-order valence-corrected chi connectivity index (χ1v) is 10.9. The molecule has 2 aromatic rings. The molecule has 2 bridgehead atoms. The summed E-state index contributed by atoms with van der Waals surface area (Å²) in [6, 6.07) is 10.4. The first-order chi connectivity index (χ1) is 13.4. The average molecular weight is 378 g/mol. The van der Waals surface area contributed by atoms with Crippen LogP contribution in [0.25, 0.3) is 5.69 Å². The molecule has 1 aromatic heterocycles. The van der Waals surface area contributed by atoms with Gasteiger partial charge in [-0.25, -0.2) is 4.68 Å². The van der Waals surface area contributed by atoms with E-state index in [4.69, 9.17) is 5.10 Å². The summed E-state index contributed by atoms with van der Waals surface area (Å²) in [4.78, 5) is 15.7. The van der Waals surface area contributed by atoms with E-state index in [0.717, 1.165) is 43.7 Å². The summed E-state index contributed by atoms with van der Waals surface area (Å²) in [5.41, 5.74) is 4.55. The lowest BCUT2D eigenvalue weighted by Gasteiger charge is -2.35. The van der Waals surface area contributed by atoms with Gasteiger partial charge in [0.25, 0.3) is 5.91 Å². The summed E-state index contributed by atoms with van der Waals surface area (Å²) in [6.45, 7) is 8.91. The van der Waals surface area contributed by atoms with Crippen molar-refractivity contribution in [3.63, 3.8) is 0 Å². The van der Waals surface area contributed by atoms with Gasteiger partial charge in [-0.1, -0.05) is 51.8 Å². The molecule has 2 atom stereocenters. The van der Waals surface area contributed by atoms with Crippen molar-refractivity contribution in [1.82, 2.24) is 14.7 Å². The minimum Gasteiger partial charge on any atom is -0.337 e. The fourth-order valence-electron chi connectivity index (χ4n) is 6.06. The molecule has 1 aromatic carbocycles. The van der Waals surface area contributed by atoms with E-state index in [1.54, 1.807) is 0 Å². The van der Waals surface area contributed by atoms with Crippen molar-refractivity contribution in [2.45, 2.75) is 70.6 Å². The normalized spacial score (nSPS) is 28.2. The molecule has 3 aliphatic rings. The van der Waals surface area contributed by atoms with Gasteiger partial charge in [0, 0.05) is 24.1 Å². The molecule has 2 fully saturated rings. The van der Waals surface area contributed by atoms with Crippen molar-refractivity contribution in [1.29, 1.82) is 0 Å². The number of benzene rings is 1. The highest BCUT2D eigenvalue weighted by atomic mass is 16.2. The Labute approximate surface area is 167 Å². The van der Waals surface area contributed by atoms with Gasteiger partial charge >= 0.3 is 0 Å². The highest BCUT2D eigenvalue weighted by molar-refractivity contribution is 5.95. The number of hydrogen-bond donors (Lipinski definition) is 0. The lowest BCUT2D eigenvalue weighted by atomic mass is 9.70. The lowest BCUT2D eigenvalue weighted by molar-refractivity contribution is 0.0752. The summed E-state index contributed by atoms with van der Waals surface area (Å²) < 4.78 is 2.10. The van der Waals surface area contributed by atoms with Gasteiger partial charge in [0.15, 0.2) is 5.69 Å². The smallest absolute Gasteiger partial charge is 0.274 e. The number of para-hydroxylation sites is 1. The van der Waals surface area contributed by atoms with Crippen molar-refractivity contribution in [2.24, 2.45) is 5.41 Å². The molecule has 0 unspecified atom stereocenters. The van der Waals surface area contributed by atoms with Gasteiger partial charge in [-0.05, 0) is 49.1 Å². The van der Waals surface area contributed by atoms with Crippen molar-refractivity contribution < 1.29 is 4.79 Å². The molecular weight excluding hydrogens is 346 g/mol. The van der Waals surface area contributed by atoms with E-state index in [-0.39, 0.29) is 16.7 Å². The van der Waals surface area contributed by atoms with Crippen molar-refractivity contribution in [3.05, 3.63) is 47.3 Å². The van der Waals surface area contributed by atoms with Crippen LogP contribution in [0.1, 0.15) is 87.0 Å². The van der Waals surface area contributed by atoms with Crippen LogP contribution in [0.4, 0.5) is 0 Å². The van der Waals surface area contributed by atoms with Crippen molar-refractivity contribution in [3.8, 4) is 5.69 Å². The van der Waals surface area contributed by atoms with E-state index in [0.29, 0.717) is 5.92 Å². The zero-order chi connectivity index (χ0) is 19.5. The molecule has 0 spiro atoms. The summed E-state index contributed by atoms with van der Waals surface area (Å²) >= 11 is 0. The molecule has 4 heteroatoms. The Kier molecular flexibility index (Phi) is 3.98. The maximum absolute atomic E-state index is 13.6. The number of carbonyl (C=O) groups excluding carboxylic acids is 1. The third-order valence-corrected chi connectivity index (χ3v) is 8.12. The molecule has 148 valence electrons. The Morgan fingerprint density at radius 2 is 1.71 bits per heavy atom. The minimum absolute atomic E-state index is 0.0627. The van der Waals surface area contributed by atoms with Crippen molar-refractivity contribution in [2.75, 3.05) is 13.1 Å². The molecule has 1 saturated heterocycles. The van der Waals surface area contributed by atoms with Crippen LogP contribution in [0.5, 0.6) is 0 Å². The van der Waals surface area contributed by atoms with Gasteiger partial charge in [-0.3, -0.25) is 4.79 Å². The Balaban J connectivity index is 1.67. The fourth-order valence-corrected chi connectivity index (χ4v) is 6.06. The number of fused-ring (bicyclic) bond motifs is 5. The van der Waals surface area contributed by atoms with Gasteiger partial charge in [0.1, 0.15) is 0 Å². The third-order valence-electron chi connectivity index (χ3n) is 8.12. The molecule has 4 nitrogen and oxygen atoms in total. The molecule has 2 aliphatic carbocycles. The van der Waals surface area contributed by atoms with Crippen LogP contribution in [0.3, 0.4) is 0 Å². The van der Waals surface area contributed by atoms with E-state index < -0.39 is 0 Å². The average Bonchev–Trinajstić information content (AvgIpc) is 3.11. The second kappa shape index (κ2) is 6.20. The van der Waals surface area contributed by atoms with Gasteiger partial charge in [0.2, 0.25) is 0 Å². The van der Waals surface area contributed by atoms with E-state index in [1.807, 2.05) is 6.07 Å². The van der Waals surface area contributed by atoms with Crippen LogP contribution >= 0.6 is 0 Å². The fraction of sp³-hybridized carbons (Fsp3) is 0.583. The maximum Gasteiger partial charge on any atom is 0.274 e. The van der Waals surface area contributed by atoms with Gasteiger partial charge < -0.3 is 4.90 Å². The maximum atomic E-state index is 13.6. The number of carbonyl (C=O) groups is 1. The standard InChI is InChI=1S/C24H31N3O/c1-23(2)18-13-14-24(23,3)21-19(18)20(22(28)26-15-9-4-5-10-16-26)25-27(21)17-11-7-6-8-12-17/h6-8,11-12,18H,4-5,9-10,13-16H2,1-3H3/t18-,24+/m1/s1. The number of likely N-dealkylation sites (tertiary alicyclic amines) is 1. The second-order valence-corrected chi connectivity index (χ2v) is 9.71. The molecule has 1 saturated carbocycles. The summed E-state index contributed by atoms with van der Waals surface area (Å²) in [7, 11) is 0. The van der Waals surface area contributed by atoms with Crippen LogP contribution in [0, 0.1) is 5.41 Å². The largest absolute Gasteiger partial charge is 0.337 e. The first-order valence-electron chi connectivity index (χ1n) is 10.9. The number of rotatable bonds is 2. The topological polar surface area (TPSA) is 38.1 Å². The molecule has 0 radical (unpaired) electrons. The number of hydrogen-bond acceptors (Lipinski definition) is 2. The predicted octanol–water partition coefficient (Wildman–Crippen LogP) is 5.06.